The molecule has 168 valence electrons. The Balaban J connectivity index is 1.34. The van der Waals surface area contributed by atoms with Gasteiger partial charge in [-0.25, -0.2) is 0 Å². The summed E-state index contributed by atoms with van der Waals surface area (Å²) in [5.74, 6) is 0.760. The third-order valence-electron chi connectivity index (χ3n) is 5.34. The van der Waals surface area contributed by atoms with E-state index in [2.05, 4.69) is 20.4 Å². The summed E-state index contributed by atoms with van der Waals surface area (Å²) >= 11 is 24.3. The maximum atomic E-state index is 12.7. The van der Waals surface area contributed by atoms with Crippen LogP contribution in [0.25, 0.3) is 11.4 Å². The summed E-state index contributed by atoms with van der Waals surface area (Å²) < 4.78 is 5.41. The third kappa shape index (κ3) is 5.74. The van der Waals surface area contributed by atoms with Crippen LogP contribution in [0.15, 0.2) is 40.9 Å². The minimum absolute atomic E-state index is 0.000110. The van der Waals surface area contributed by atoms with Crippen LogP contribution in [0, 0.1) is 5.92 Å². The highest BCUT2D eigenvalue weighted by Crippen LogP contribution is 2.29. The van der Waals surface area contributed by atoms with Crippen molar-refractivity contribution < 1.29 is 9.32 Å². The van der Waals surface area contributed by atoms with Gasteiger partial charge in [-0.2, -0.15) is 4.98 Å². The van der Waals surface area contributed by atoms with E-state index in [0.29, 0.717) is 57.0 Å². The summed E-state index contributed by atoms with van der Waals surface area (Å²) in [7, 11) is 0. The van der Waals surface area contributed by atoms with Crippen molar-refractivity contribution in [2.24, 2.45) is 5.92 Å². The van der Waals surface area contributed by atoms with Crippen LogP contribution in [-0.2, 0) is 17.9 Å². The second-order valence-electron chi connectivity index (χ2n) is 7.66. The molecule has 0 aliphatic carbocycles. The number of likely N-dealkylation sites (tertiary alicyclic amines) is 1. The lowest BCUT2D eigenvalue weighted by Gasteiger charge is -2.30. The van der Waals surface area contributed by atoms with Crippen molar-refractivity contribution in [1.82, 2.24) is 20.4 Å². The molecule has 1 N–H and O–H groups in total. The van der Waals surface area contributed by atoms with Crippen molar-refractivity contribution in [2.75, 3.05) is 13.1 Å². The second kappa shape index (κ2) is 10.4. The van der Waals surface area contributed by atoms with Crippen molar-refractivity contribution in [3.8, 4) is 11.4 Å². The molecule has 6 nitrogen and oxygen atoms in total. The maximum absolute atomic E-state index is 12.7. The second-order valence-corrected chi connectivity index (χ2v) is 9.35. The van der Waals surface area contributed by atoms with Crippen molar-refractivity contribution in [1.29, 1.82) is 0 Å². The molecule has 1 aliphatic rings. The molecule has 2 heterocycles. The van der Waals surface area contributed by atoms with E-state index in [4.69, 9.17) is 50.9 Å². The number of halogens is 4. The molecule has 1 aromatic heterocycles. The molecule has 1 unspecified atom stereocenters. The number of hydrogen-bond donors (Lipinski definition) is 1. The van der Waals surface area contributed by atoms with Crippen LogP contribution in [0.5, 0.6) is 0 Å². The van der Waals surface area contributed by atoms with Crippen LogP contribution in [-0.4, -0.2) is 34.0 Å². The Hall–Kier alpha value is -1.83. The number of amides is 1. The van der Waals surface area contributed by atoms with E-state index in [-0.39, 0.29) is 11.8 Å². The van der Waals surface area contributed by atoms with Gasteiger partial charge in [0.2, 0.25) is 17.6 Å². The average molecular weight is 514 g/mol. The zero-order chi connectivity index (χ0) is 22.7. The lowest BCUT2D eigenvalue weighted by Crippen LogP contribution is -2.42. The predicted molar refractivity (Wildman–Crippen MR) is 126 cm³/mol. The van der Waals surface area contributed by atoms with E-state index in [1.54, 1.807) is 30.3 Å². The highest BCUT2D eigenvalue weighted by atomic mass is 35.5. The fourth-order valence-electron chi connectivity index (χ4n) is 3.70. The van der Waals surface area contributed by atoms with Gasteiger partial charge in [-0.15, -0.1) is 0 Å². The zero-order valence-electron chi connectivity index (χ0n) is 17.0. The first-order chi connectivity index (χ1) is 15.4. The molecular formula is C22H20Cl4N4O2. The number of nitrogens with zero attached hydrogens (tertiary/aromatic N) is 3. The van der Waals surface area contributed by atoms with Crippen LogP contribution in [0.4, 0.5) is 0 Å². The minimum atomic E-state index is -0.122. The van der Waals surface area contributed by atoms with Crippen LogP contribution >= 0.6 is 46.4 Å². The fourth-order valence-corrected chi connectivity index (χ4v) is 4.66. The van der Waals surface area contributed by atoms with Crippen molar-refractivity contribution in [2.45, 2.75) is 25.9 Å². The van der Waals surface area contributed by atoms with E-state index in [0.717, 1.165) is 24.9 Å². The van der Waals surface area contributed by atoms with Crippen molar-refractivity contribution >= 4 is 52.3 Å². The Morgan fingerprint density at radius 2 is 1.84 bits per heavy atom. The van der Waals surface area contributed by atoms with Gasteiger partial charge in [-0.1, -0.05) is 57.6 Å². The summed E-state index contributed by atoms with van der Waals surface area (Å²) in [6, 6.07) is 10.4. The van der Waals surface area contributed by atoms with E-state index < -0.39 is 0 Å². The van der Waals surface area contributed by atoms with Crippen LogP contribution in [0.3, 0.4) is 0 Å². The molecule has 1 aliphatic heterocycles. The van der Waals surface area contributed by atoms with Gasteiger partial charge in [0.15, 0.2) is 0 Å². The number of nitrogens with one attached hydrogen (secondary N) is 1. The van der Waals surface area contributed by atoms with Gasteiger partial charge < -0.3 is 9.84 Å². The van der Waals surface area contributed by atoms with Crippen LogP contribution in [0.2, 0.25) is 20.1 Å². The number of rotatable bonds is 6. The Bertz CT molecular complexity index is 1120. The van der Waals surface area contributed by atoms with Crippen molar-refractivity contribution in [3.63, 3.8) is 0 Å². The summed E-state index contributed by atoms with van der Waals surface area (Å²) in [6.07, 6.45) is 1.73. The first-order valence-electron chi connectivity index (χ1n) is 10.1. The smallest absolute Gasteiger partial charge is 0.241 e. The number of carbonyl (C=O) groups excluding carboxylic acids is 1. The monoisotopic (exact) mass is 512 g/mol. The molecule has 1 amide bonds. The Morgan fingerprint density at radius 1 is 1.09 bits per heavy atom. The zero-order valence-corrected chi connectivity index (χ0v) is 20.0. The SMILES string of the molecule is O=C(NCc1ccc(Cl)cc1Cl)C1CCCN(Cc2nc(-c3ccc(Cl)cc3Cl)no2)C1. The topological polar surface area (TPSA) is 71.3 Å². The molecular weight excluding hydrogens is 494 g/mol. The van der Waals surface area contributed by atoms with Crippen LogP contribution < -0.4 is 5.32 Å². The quantitative estimate of drug-likeness (QED) is 0.445. The molecule has 2 aromatic carbocycles. The number of aromatic nitrogens is 2. The fraction of sp³-hybridized carbons (Fsp3) is 0.318. The molecule has 1 fully saturated rings. The largest absolute Gasteiger partial charge is 0.352 e. The first kappa shape index (κ1) is 23.3. The van der Waals surface area contributed by atoms with Crippen molar-refractivity contribution in [3.05, 3.63) is 67.9 Å². The molecule has 10 heteroatoms. The van der Waals surface area contributed by atoms with Gasteiger partial charge in [-0.05, 0) is 55.3 Å². The molecule has 0 radical (unpaired) electrons. The molecule has 1 atom stereocenters. The first-order valence-corrected chi connectivity index (χ1v) is 11.6. The molecule has 32 heavy (non-hydrogen) atoms. The van der Waals surface area contributed by atoms with E-state index in [1.165, 1.54) is 0 Å². The van der Waals surface area contributed by atoms with Crippen LogP contribution in [0.1, 0.15) is 24.3 Å². The molecule has 0 saturated carbocycles. The van der Waals surface area contributed by atoms with E-state index >= 15 is 0 Å². The van der Waals surface area contributed by atoms with Gasteiger partial charge in [-0.3, -0.25) is 9.69 Å². The summed E-state index contributed by atoms with van der Waals surface area (Å²) in [6.45, 7) is 2.29. The van der Waals surface area contributed by atoms with Gasteiger partial charge in [0.1, 0.15) is 0 Å². The number of piperidine rings is 1. The maximum Gasteiger partial charge on any atom is 0.241 e. The summed E-state index contributed by atoms with van der Waals surface area (Å²) in [4.78, 5) is 19.3. The third-order valence-corrected chi connectivity index (χ3v) is 6.48. The van der Waals surface area contributed by atoms with E-state index in [1.807, 2.05) is 6.07 Å². The highest BCUT2D eigenvalue weighted by Gasteiger charge is 2.27. The average Bonchev–Trinajstić information content (AvgIpc) is 3.21. The predicted octanol–water partition coefficient (Wildman–Crippen LogP) is 5.88. The number of carbonyl (C=O) groups is 1. The Labute approximate surface area is 205 Å². The summed E-state index contributed by atoms with van der Waals surface area (Å²) in [5, 5.41) is 9.11. The lowest BCUT2D eigenvalue weighted by molar-refractivity contribution is -0.127. The van der Waals surface area contributed by atoms with Gasteiger partial charge in [0.25, 0.3) is 0 Å². The molecule has 0 spiro atoms. The highest BCUT2D eigenvalue weighted by molar-refractivity contribution is 6.36. The van der Waals surface area contributed by atoms with Gasteiger partial charge >= 0.3 is 0 Å². The molecule has 1 saturated heterocycles. The van der Waals surface area contributed by atoms with Gasteiger partial charge in [0, 0.05) is 33.7 Å². The molecule has 4 rings (SSSR count). The normalized spacial score (nSPS) is 16.8. The molecule has 0 bridgehead atoms. The minimum Gasteiger partial charge on any atom is -0.352 e. The molecule has 3 aromatic rings. The number of hydrogen-bond acceptors (Lipinski definition) is 5. The standard InChI is InChI=1S/C22H20Cl4N4O2/c23-15-4-3-13(18(25)8-15)10-27-22(31)14-2-1-7-30(11-14)12-20-28-21(29-32-20)17-6-5-16(24)9-19(17)26/h3-6,8-9,14H,1-2,7,10-12H2,(H,27,31). The van der Waals surface area contributed by atoms with E-state index in [9.17, 15) is 4.79 Å². The number of benzene rings is 2. The Kier molecular flexibility index (Phi) is 7.59. The summed E-state index contributed by atoms with van der Waals surface area (Å²) in [5.41, 5.74) is 1.49. The lowest BCUT2D eigenvalue weighted by atomic mass is 9.97. The van der Waals surface area contributed by atoms with Gasteiger partial charge in [0.05, 0.1) is 17.5 Å². The Morgan fingerprint density at radius 3 is 2.59 bits per heavy atom.